The van der Waals surface area contributed by atoms with Crippen molar-refractivity contribution in [3.8, 4) is 0 Å². The van der Waals surface area contributed by atoms with E-state index in [4.69, 9.17) is 0 Å². The van der Waals surface area contributed by atoms with E-state index in [1.165, 1.54) is 239 Å². The first kappa shape index (κ1) is 51.0. The molecule has 0 aliphatic carbocycles. The van der Waals surface area contributed by atoms with Crippen molar-refractivity contribution in [3.05, 3.63) is 83.6 Å². The van der Waals surface area contributed by atoms with Crippen molar-refractivity contribution < 1.29 is 4.58 Å². The molecule has 0 aromatic heterocycles. The molecule has 0 saturated heterocycles. The van der Waals surface area contributed by atoms with Crippen LogP contribution < -0.4 is 4.90 Å². The maximum absolute atomic E-state index is 2.66. The van der Waals surface area contributed by atoms with Crippen molar-refractivity contribution in [2.75, 3.05) is 18.0 Å². The second kappa shape index (κ2) is 29.7. The van der Waals surface area contributed by atoms with E-state index in [0.29, 0.717) is 0 Å². The van der Waals surface area contributed by atoms with Gasteiger partial charge in [-0.1, -0.05) is 256 Å². The number of rotatable bonds is 36. The molecule has 0 radical (unpaired) electrons. The number of hydrogen-bond acceptors (Lipinski definition) is 1. The first-order valence-corrected chi connectivity index (χ1v) is 26.8. The predicted octanol–water partition coefficient (Wildman–Crippen LogP) is 18.8. The normalized spacial score (nSPS) is 16.1. The van der Waals surface area contributed by atoms with Gasteiger partial charge >= 0.3 is 0 Å². The van der Waals surface area contributed by atoms with Crippen LogP contribution in [0.2, 0.25) is 0 Å². The Morgan fingerprint density at radius 2 is 0.836 bits per heavy atom. The third-order valence-corrected chi connectivity index (χ3v) is 14.6. The maximum Gasteiger partial charge on any atom is 0.209 e. The molecule has 0 fully saturated rings. The lowest BCUT2D eigenvalue weighted by Gasteiger charge is -2.27. The lowest BCUT2D eigenvalue weighted by atomic mass is 9.81. The van der Waals surface area contributed by atoms with Gasteiger partial charge in [-0.05, 0) is 44.4 Å². The molecule has 4 rings (SSSR count). The van der Waals surface area contributed by atoms with Crippen LogP contribution in [-0.4, -0.2) is 23.4 Å². The molecule has 2 aliphatic heterocycles. The van der Waals surface area contributed by atoms with E-state index in [0.717, 1.165) is 13.1 Å². The summed E-state index contributed by atoms with van der Waals surface area (Å²) in [7, 11) is 0. The van der Waals surface area contributed by atoms with Gasteiger partial charge in [0, 0.05) is 47.5 Å². The van der Waals surface area contributed by atoms with Gasteiger partial charge in [0.1, 0.15) is 6.54 Å². The monoisotopic (exact) mass is 834 g/mol. The van der Waals surface area contributed by atoms with Gasteiger partial charge in [0.15, 0.2) is 5.71 Å². The van der Waals surface area contributed by atoms with Gasteiger partial charge in [0.05, 0.1) is 5.41 Å². The Morgan fingerprint density at radius 3 is 1.31 bits per heavy atom. The molecule has 0 unspecified atom stereocenters. The van der Waals surface area contributed by atoms with Crippen LogP contribution in [0.4, 0.5) is 11.4 Å². The molecule has 342 valence electrons. The van der Waals surface area contributed by atoms with E-state index in [1.807, 2.05) is 0 Å². The Kier molecular flexibility index (Phi) is 24.8. The fourth-order valence-corrected chi connectivity index (χ4v) is 10.6. The topological polar surface area (TPSA) is 6.25 Å². The van der Waals surface area contributed by atoms with Gasteiger partial charge in [-0.2, -0.15) is 4.58 Å². The van der Waals surface area contributed by atoms with E-state index in [1.54, 1.807) is 0 Å². The molecule has 0 bridgehead atoms. The van der Waals surface area contributed by atoms with Crippen molar-refractivity contribution in [2.45, 2.75) is 258 Å². The summed E-state index contributed by atoms with van der Waals surface area (Å²) >= 11 is 0. The smallest absolute Gasteiger partial charge is 0.209 e. The van der Waals surface area contributed by atoms with Gasteiger partial charge in [0.2, 0.25) is 5.69 Å². The van der Waals surface area contributed by atoms with Gasteiger partial charge in [-0.3, -0.25) is 0 Å². The average molecular weight is 834 g/mol. The van der Waals surface area contributed by atoms with Crippen LogP contribution in [0.1, 0.15) is 258 Å². The van der Waals surface area contributed by atoms with Crippen molar-refractivity contribution in [2.24, 2.45) is 0 Å². The summed E-state index contributed by atoms with van der Waals surface area (Å²) in [5.41, 5.74) is 8.65. The molecule has 2 heteroatoms. The lowest BCUT2D eigenvalue weighted by molar-refractivity contribution is -0.438. The minimum Gasteiger partial charge on any atom is -0.344 e. The molecule has 0 saturated carbocycles. The van der Waals surface area contributed by atoms with Crippen molar-refractivity contribution in [1.82, 2.24) is 0 Å². The zero-order valence-corrected chi connectivity index (χ0v) is 41.3. The number of nitrogens with zero attached hydrogens (tertiary/aromatic N) is 2. The minimum absolute atomic E-state index is 0.0119. The highest BCUT2D eigenvalue weighted by molar-refractivity contribution is 6.03. The SMILES string of the molecule is CCCCCCCCCCCCCCCCCCN1/C(=C\C=C\C2=[N+](CCCCCCCCCCCCCCCCCC)c3ccccc3C2(C)C)C(C)(C)c2ccccc21. The summed E-state index contributed by atoms with van der Waals surface area (Å²) in [4.78, 5) is 2.66. The second-order valence-electron chi connectivity index (χ2n) is 20.5. The van der Waals surface area contributed by atoms with Crippen LogP contribution in [0.25, 0.3) is 0 Å². The standard InChI is InChI=1S/C59H97N2/c1-7-9-11-13-15-17-19-21-23-25-27-29-31-33-35-41-50-60-54-46-39-37-44-52(54)58(3,4)56(60)48-43-49-57-59(5,6)53-45-38-40-47-55(53)61(57)51-42-36-34-32-30-28-26-24-22-20-18-16-14-12-10-8-2/h37-40,43-49H,7-36,41-42,50-51H2,1-6H3/q+1. The number of allylic oxidation sites excluding steroid dienone is 4. The first-order valence-electron chi connectivity index (χ1n) is 26.8. The van der Waals surface area contributed by atoms with Gasteiger partial charge < -0.3 is 4.90 Å². The number of para-hydroxylation sites is 2. The van der Waals surface area contributed by atoms with Crippen LogP contribution in [0.5, 0.6) is 0 Å². The Balaban J connectivity index is 1.23. The Labute approximate surface area is 379 Å². The molecule has 0 atom stereocenters. The van der Waals surface area contributed by atoms with Gasteiger partial charge in [-0.15, -0.1) is 0 Å². The Morgan fingerprint density at radius 1 is 0.443 bits per heavy atom. The molecule has 61 heavy (non-hydrogen) atoms. The van der Waals surface area contributed by atoms with E-state index in [9.17, 15) is 0 Å². The summed E-state index contributed by atoms with van der Waals surface area (Å²) < 4.78 is 2.66. The molecule has 2 aromatic rings. The largest absolute Gasteiger partial charge is 0.344 e. The number of hydrogen-bond donors (Lipinski definition) is 0. The molecule has 2 nitrogen and oxygen atoms in total. The maximum atomic E-state index is 2.66. The summed E-state index contributed by atoms with van der Waals surface area (Å²) in [6, 6.07) is 18.4. The highest BCUT2D eigenvalue weighted by atomic mass is 15.2. The number of benzene rings is 2. The molecule has 0 spiro atoms. The highest BCUT2D eigenvalue weighted by Gasteiger charge is 2.44. The molecule has 0 amide bonds. The average Bonchev–Trinajstić information content (AvgIpc) is 3.61. The third-order valence-electron chi connectivity index (χ3n) is 14.6. The van der Waals surface area contributed by atoms with Gasteiger partial charge in [0.25, 0.3) is 0 Å². The number of anilines is 1. The lowest BCUT2D eigenvalue weighted by Crippen LogP contribution is -2.28. The summed E-state index contributed by atoms with van der Waals surface area (Å²) in [6.45, 7) is 16.6. The van der Waals surface area contributed by atoms with E-state index in [-0.39, 0.29) is 10.8 Å². The Bertz CT molecular complexity index is 1550. The van der Waals surface area contributed by atoms with E-state index < -0.39 is 0 Å². The van der Waals surface area contributed by atoms with E-state index >= 15 is 0 Å². The molecule has 2 aliphatic rings. The van der Waals surface area contributed by atoms with E-state index in [2.05, 4.69) is 118 Å². The van der Waals surface area contributed by atoms with Crippen molar-refractivity contribution in [3.63, 3.8) is 0 Å². The first-order chi connectivity index (χ1) is 29.8. The fourth-order valence-electron chi connectivity index (χ4n) is 10.6. The number of unbranched alkanes of at least 4 members (excludes halogenated alkanes) is 30. The summed E-state index contributed by atoms with van der Waals surface area (Å²) in [5, 5.41) is 0. The van der Waals surface area contributed by atoms with Crippen molar-refractivity contribution >= 4 is 17.1 Å². The quantitative estimate of drug-likeness (QED) is 0.0490. The van der Waals surface area contributed by atoms with Crippen molar-refractivity contribution in [1.29, 1.82) is 0 Å². The molecule has 2 heterocycles. The predicted molar refractivity (Wildman–Crippen MR) is 272 cm³/mol. The zero-order chi connectivity index (χ0) is 43.4. The molecular formula is C59H97N2+. The molecule has 0 N–H and O–H groups in total. The zero-order valence-electron chi connectivity index (χ0n) is 41.3. The third kappa shape index (κ3) is 17.1. The van der Waals surface area contributed by atoms with Crippen LogP contribution in [0.15, 0.2) is 72.5 Å². The summed E-state index contributed by atoms with van der Waals surface area (Å²) in [6.07, 6.45) is 52.6. The summed E-state index contributed by atoms with van der Waals surface area (Å²) in [5.74, 6) is 0. The second-order valence-corrected chi connectivity index (χ2v) is 20.5. The molecular weight excluding hydrogens is 737 g/mol. The number of fused-ring (bicyclic) bond motifs is 2. The fraction of sp³-hybridized carbons (Fsp3) is 0.712. The van der Waals surface area contributed by atoms with Crippen LogP contribution >= 0.6 is 0 Å². The molecule has 2 aromatic carbocycles. The Hall–Kier alpha value is -2.61. The van der Waals surface area contributed by atoms with Crippen LogP contribution in [0, 0.1) is 0 Å². The van der Waals surface area contributed by atoms with Crippen LogP contribution in [0.3, 0.4) is 0 Å². The highest BCUT2D eigenvalue weighted by Crippen LogP contribution is 2.48. The van der Waals surface area contributed by atoms with Crippen LogP contribution in [-0.2, 0) is 10.8 Å². The minimum atomic E-state index is -0.0119. The van der Waals surface area contributed by atoms with Gasteiger partial charge in [-0.25, -0.2) is 0 Å².